The number of nitrogen functional groups attached to an aromatic ring is 1. The van der Waals surface area contributed by atoms with Gasteiger partial charge in [-0.1, -0.05) is 17.8 Å². The third-order valence-electron chi connectivity index (χ3n) is 4.71. The Bertz CT molecular complexity index is 1500. The molecule has 2 unspecified atom stereocenters. The molecule has 0 spiro atoms. The zero-order valence-corrected chi connectivity index (χ0v) is 21.6. The number of terminal acetylenes is 1. The van der Waals surface area contributed by atoms with Crippen LogP contribution in [0.4, 0.5) is 5.82 Å². The van der Waals surface area contributed by atoms with Gasteiger partial charge in [0, 0.05) is 23.7 Å². The highest BCUT2D eigenvalue weighted by atomic mass is 31.3. The van der Waals surface area contributed by atoms with Gasteiger partial charge in [0.1, 0.15) is 18.1 Å². The molecule has 0 amide bonds. The molecule has 0 aliphatic carbocycles. The molecule has 0 saturated carbocycles. The van der Waals surface area contributed by atoms with E-state index in [1.54, 1.807) is 24.3 Å². The van der Waals surface area contributed by atoms with E-state index in [1.165, 1.54) is 6.20 Å². The first-order valence-electron chi connectivity index (χ1n) is 10.2. The van der Waals surface area contributed by atoms with Crippen LogP contribution in [-0.2, 0) is 31.6 Å². The molecule has 1 saturated heterocycles. The molecule has 1 aromatic heterocycles. The van der Waals surface area contributed by atoms with Gasteiger partial charge in [-0.25, -0.2) is 18.5 Å². The highest BCUT2D eigenvalue weighted by Crippen LogP contribution is 2.66. The van der Waals surface area contributed by atoms with Gasteiger partial charge < -0.3 is 35.2 Å². The number of aliphatic hydroxyl groups excluding tert-OH is 1. The Morgan fingerprint density at radius 2 is 1.71 bits per heavy atom. The first-order chi connectivity index (χ1) is 17.6. The van der Waals surface area contributed by atoms with Gasteiger partial charge in [-0.15, -0.1) is 6.42 Å². The Morgan fingerprint density at radius 3 is 2.32 bits per heavy atom. The van der Waals surface area contributed by atoms with Gasteiger partial charge in [-0.3, -0.25) is 9.09 Å². The number of nitrogens with zero attached hydrogens (tertiary/aromatic N) is 2. The zero-order chi connectivity index (χ0) is 28.3. The smallest absolute Gasteiger partial charge is 0.390 e. The molecule has 16 nitrogen and oxygen atoms in total. The van der Waals surface area contributed by atoms with Crippen molar-refractivity contribution in [3.05, 3.63) is 57.6 Å². The summed E-state index contributed by atoms with van der Waals surface area (Å²) in [6.45, 7) is -0.904. The van der Waals surface area contributed by atoms with Crippen molar-refractivity contribution in [1.82, 2.24) is 9.55 Å². The molecule has 2 heterocycles. The average molecular weight is 591 g/mol. The Hall–Kier alpha value is -2.65. The number of ether oxygens (including phenoxy) is 1. The third kappa shape index (κ3) is 8.43. The van der Waals surface area contributed by atoms with Gasteiger partial charge in [-0.2, -0.15) is 13.6 Å². The molecule has 0 radical (unpaired) electrons. The molecule has 1 aliphatic heterocycles. The largest absolute Gasteiger partial charge is 0.490 e. The minimum absolute atomic E-state index is 0.153. The molecular formula is C19H20N3O13P3. The molecule has 38 heavy (non-hydrogen) atoms. The Morgan fingerprint density at radius 1 is 1.08 bits per heavy atom. The van der Waals surface area contributed by atoms with Crippen molar-refractivity contribution in [2.24, 2.45) is 0 Å². The van der Waals surface area contributed by atoms with E-state index in [0.29, 0.717) is 11.1 Å². The number of benzene rings is 1. The number of anilines is 1. The number of aromatic nitrogens is 2. The molecular weight excluding hydrogens is 571 g/mol. The Labute approximate surface area is 214 Å². The van der Waals surface area contributed by atoms with Gasteiger partial charge >= 0.3 is 29.2 Å². The molecule has 19 heteroatoms. The minimum atomic E-state index is -5.71. The van der Waals surface area contributed by atoms with E-state index in [9.17, 15) is 33.4 Å². The number of aliphatic hydroxyl groups is 1. The molecule has 1 aliphatic rings. The second-order valence-corrected chi connectivity index (χ2v) is 11.9. The SMILES string of the molecule is C#Cc1ccc(C#Cc2cn([C@H]3C[C@H](O)[C@@H](COP(=O)(O)OP(=O)(O)OP(=O)(O)O)O3)c(=O)nc2N)cc1. The second-order valence-electron chi connectivity index (χ2n) is 7.52. The monoisotopic (exact) mass is 591 g/mol. The van der Waals surface area contributed by atoms with Gasteiger partial charge in [-0.05, 0) is 24.3 Å². The molecule has 1 fully saturated rings. The predicted molar refractivity (Wildman–Crippen MR) is 128 cm³/mol. The van der Waals surface area contributed by atoms with Crippen LogP contribution in [0.25, 0.3) is 0 Å². The summed E-state index contributed by atoms with van der Waals surface area (Å²) in [4.78, 5) is 51.9. The van der Waals surface area contributed by atoms with Gasteiger partial charge in [0.15, 0.2) is 0 Å². The number of phosphoric ester groups is 1. The van der Waals surface area contributed by atoms with Gasteiger partial charge in [0.05, 0.1) is 18.3 Å². The van der Waals surface area contributed by atoms with Crippen molar-refractivity contribution in [2.75, 3.05) is 12.3 Å². The van der Waals surface area contributed by atoms with E-state index < -0.39 is 54.2 Å². The standard InChI is InChI=1S/C19H20N3O13P3/c1-2-12-3-5-13(6-4-12)7-8-14-10-22(19(24)21-18(14)20)17-9-15(23)16(33-17)11-32-37(28,29)35-38(30,31)34-36(25,26)27/h1,3-6,10,15-17,23H,9,11H2,(H,28,29)(H,30,31)(H2,20,21,24)(H2,25,26,27)/t15-,16+,17+/m0/s1. The van der Waals surface area contributed by atoms with Crippen molar-refractivity contribution in [3.63, 3.8) is 0 Å². The van der Waals surface area contributed by atoms with E-state index in [1.807, 2.05) is 0 Å². The summed E-state index contributed by atoms with van der Waals surface area (Å²) in [7, 11) is -16.7. The summed E-state index contributed by atoms with van der Waals surface area (Å²) in [6, 6.07) is 6.73. The summed E-state index contributed by atoms with van der Waals surface area (Å²) >= 11 is 0. The van der Waals surface area contributed by atoms with E-state index in [2.05, 4.69) is 35.9 Å². The fraction of sp³-hybridized carbons (Fsp3) is 0.263. The summed E-state index contributed by atoms with van der Waals surface area (Å²) < 4.78 is 52.2. The fourth-order valence-corrected chi connectivity index (χ4v) is 6.11. The maximum absolute atomic E-state index is 12.4. The number of phosphoric acid groups is 3. The first-order valence-corrected chi connectivity index (χ1v) is 14.7. The maximum Gasteiger partial charge on any atom is 0.490 e. The second kappa shape index (κ2) is 11.6. The van der Waals surface area contributed by atoms with Crippen LogP contribution in [0.2, 0.25) is 0 Å². The number of rotatable bonds is 8. The third-order valence-corrected chi connectivity index (χ3v) is 8.51. The van der Waals surface area contributed by atoms with Crippen LogP contribution < -0.4 is 11.4 Å². The molecule has 0 bridgehead atoms. The lowest BCUT2D eigenvalue weighted by molar-refractivity contribution is -0.0449. The predicted octanol–water partition coefficient (Wildman–Crippen LogP) is 0.198. The number of hydrogen-bond donors (Lipinski definition) is 6. The van der Waals surface area contributed by atoms with Crippen molar-refractivity contribution in [2.45, 2.75) is 24.9 Å². The van der Waals surface area contributed by atoms with Crippen LogP contribution in [0.1, 0.15) is 29.3 Å². The van der Waals surface area contributed by atoms with Crippen molar-refractivity contribution in [1.29, 1.82) is 0 Å². The van der Waals surface area contributed by atoms with Crippen molar-refractivity contribution >= 4 is 29.3 Å². The quantitative estimate of drug-likeness (QED) is 0.177. The lowest BCUT2D eigenvalue weighted by atomic mass is 10.1. The number of hydrogen-bond acceptors (Lipinski definition) is 11. The van der Waals surface area contributed by atoms with Crippen LogP contribution in [0, 0.1) is 24.2 Å². The minimum Gasteiger partial charge on any atom is -0.390 e. The molecule has 7 N–H and O–H groups in total. The highest BCUT2D eigenvalue weighted by Gasteiger charge is 2.43. The van der Waals surface area contributed by atoms with Crippen LogP contribution >= 0.6 is 23.5 Å². The van der Waals surface area contributed by atoms with Crippen LogP contribution in [0.15, 0.2) is 35.3 Å². The van der Waals surface area contributed by atoms with E-state index in [4.69, 9.17) is 26.7 Å². The summed E-state index contributed by atoms with van der Waals surface area (Å²) in [6.07, 6.45) is 2.50. The molecule has 2 aromatic rings. The van der Waals surface area contributed by atoms with Crippen molar-refractivity contribution < 1.29 is 56.3 Å². The maximum atomic E-state index is 12.4. The fourth-order valence-electron chi connectivity index (χ4n) is 3.08. The summed E-state index contributed by atoms with van der Waals surface area (Å²) in [5.41, 5.74) is 6.36. The molecule has 3 rings (SSSR count). The molecule has 1 aromatic carbocycles. The zero-order valence-electron chi connectivity index (χ0n) is 18.9. The van der Waals surface area contributed by atoms with E-state index in [-0.39, 0.29) is 17.8 Å². The normalized spacial score (nSPS) is 22.5. The van der Waals surface area contributed by atoms with Gasteiger partial charge in [0.25, 0.3) is 0 Å². The lowest BCUT2D eigenvalue weighted by Crippen LogP contribution is -2.29. The van der Waals surface area contributed by atoms with Crippen LogP contribution in [0.3, 0.4) is 0 Å². The van der Waals surface area contributed by atoms with E-state index in [0.717, 1.165) is 4.57 Å². The summed E-state index contributed by atoms with van der Waals surface area (Å²) in [5.74, 6) is 7.91. The van der Waals surface area contributed by atoms with E-state index >= 15 is 0 Å². The number of nitrogens with two attached hydrogens (primary N) is 1. The molecule has 204 valence electrons. The molecule has 5 atom stereocenters. The van der Waals surface area contributed by atoms with Gasteiger partial charge in [0.2, 0.25) is 0 Å². The Balaban J connectivity index is 1.71. The highest BCUT2D eigenvalue weighted by molar-refractivity contribution is 7.66. The first kappa shape index (κ1) is 29.9. The summed E-state index contributed by atoms with van der Waals surface area (Å²) in [5, 5.41) is 10.3. The van der Waals surface area contributed by atoms with Crippen LogP contribution in [-0.4, -0.2) is 53.0 Å². The average Bonchev–Trinajstić information content (AvgIpc) is 3.15. The van der Waals surface area contributed by atoms with Crippen LogP contribution in [0.5, 0.6) is 0 Å². The lowest BCUT2D eigenvalue weighted by Gasteiger charge is -2.19. The topological polar surface area (TPSA) is 250 Å². The van der Waals surface area contributed by atoms with Crippen molar-refractivity contribution in [3.8, 4) is 24.2 Å². The Kier molecular flexibility index (Phi) is 9.14.